The first-order valence-corrected chi connectivity index (χ1v) is 10.6. The van der Waals surface area contributed by atoms with Crippen molar-refractivity contribution in [1.82, 2.24) is 9.80 Å². The number of piperazine rings is 1. The summed E-state index contributed by atoms with van der Waals surface area (Å²) in [7, 11) is 0. The van der Waals surface area contributed by atoms with Gasteiger partial charge in [0, 0.05) is 43.4 Å². The molecule has 0 bridgehead atoms. The largest absolute Gasteiger partial charge is 0.369 e. The molecular formula is C23H26ClN3O2. The van der Waals surface area contributed by atoms with Crippen molar-refractivity contribution in [3.63, 3.8) is 0 Å². The third kappa shape index (κ3) is 4.16. The van der Waals surface area contributed by atoms with Gasteiger partial charge >= 0.3 is 0 Å². The van der Waals surface area contributed by atoms with E-state index >= 15 is 0 Å². The highest BCUT2D eigenvalue weighted by Gasteiger charge is 2.34. The van der Waals surface area contributed by atoms with Crippen molar-refractivity contribution in [1.29, 1.82) is 0 Å². The summed E-state index contributed by atoms with van der Waals surface area (Å²) in [4.78, 5) is 31.1. The quantitative estimate of drug-likeness (QED) is 0.535. The van der Waals surface area contributed by atoms with Gasteiger partial charge in [-0.15, -0.1) is 0 Å². The zero-order valence-electron chi connectivity index (χ0n) is 16.7. The molecule has 1 fully saturated rings. The van der Waals surface area contributed by atoms with E-state index in [2.05, 4.69) is 28.9 Å². The molecule has 2 aliphatic rings. The van der Waals surface area contributed by atoms with Gasteiger partial charge < -0.3 is 4.90 Å². The van der Waals surface area contributed by atoms with Crippen molar-refractivity contribution in [2.75, 3.05) is 44.2 Å². The summed E-state index contributed by atoms with van der Waals surface area (Å²) in [6, 6.07) is 13.1. The first-order valence-electron chi connectivity index (χ1n) is 10.2. The summed E-state index contributed by atoms with van der Waals surface area (Å²) in [5, 5.41) is 0.779. The summed E-state index contributed by atoms with van der Waals surface area (Å²) in [6.45, 7) is 7.61. The van der Waals surface area contributed by atoms with Gasteiger partial charge in [0.15, 0.2) is 0 Å². The maximum atomic E-state index is 12.4. The minimum Gasteiger partial charge on any atom is -0.369 e. The van der Waals surface area contributed by atoms with Gasteiger partial charge in [-0.1, -0.05) is 29.8 Å². The number of halogens is 1. The van der Waals surface area contributed by atoms with Gasteiger partial charge in [-0.3, -0.25) is 19.4 Å². The monoisotopic (exact) mass is 411 g/mol. The van der Waals surface area contributed by atoms with Crippen molar-refractivity contribution in [2.45, 2.75) is 19.8 Å². The number of nitrogens with zero attached hydrogens (tertiary/aromatic N) is 3. The molecule has 0 atom stereocenters. The number of hydrogen-bond acceptors (Lipinski definition) is 4. The molecule has 2 amide bonds. The molecule has 29 heavy (non-hydrogen) atoms. The van der Waals surface area contributed by atoms with Gasteiger partial charge in [0.1, 0.15) is 0 Å². The minimum absolute atomic E-state index is 0.156. The number of fused-ring (bicyclic) bond motifs is 1. The van der Waals surface area contributed by atoms with Crippen LogP contribution in [-0.2, 0) is 0 Å². The fraction of sp³-hybridized carbons (Fsp3) is 0.391. The first kappa shape index (κ1) is 19.9. The third-order valence-corrected chi connectivity index (χ3v) is 6.10. The molecule has 2 aliphatic heterocycles. The minimum atomic E-state index is -0.156. The number of anilines is 1. The fourth-order valence-corrected chi connectivity index (χ4v) is 4.35. The van der Waals surface area contributed by atoms with E-state index in [0.29, 0.717) is 17.7 Å². The molecule has 6 heteroatoms. The number of benzene rings is 2. The van der Waals surface area contributed by atoms with E-state index in [1.54, 1.807) is 24.3 Å². The lowest BCUT2D eigenvalue weighted by Gasteiger charge is -2.37. The number of imide groups is 1. The zero-order chi connectivity index (χ0) is 20.4. The van der Waals surface area contributed by atoms with Crippen LogP contribution >= 0.6 is 11.6 Å². The second-order valence-electron chi connectivity index (χ2n) is 7.77. The highest BCUT2D eigenvalue weighted by Crippen LogP contribution is 2.26. The molecule has 5 nitrogen and oxygen atoms in total. The Balaban J connectivity index is 1.21. The van der Waals surface area contributed by atoms with Crippen molar-refractivity contribution in [3.8, 4) is 0 Å². The van der Waals surface area contributed by atoms with E-state index in [1.807, 2.05) is 6.07 Å². The highest BCUT2D eigenvalue weighted by molar-refractivity contribution is 6.30. The Labute approximate surface area is 176 Å². The average Bonchev–Trinajstić information content (AvgIpc) is 2.98. The Kier molecular flexibility index (Phi) is 5.88. The third-order valence-electron chi connectivity index (χ3n) is 5.87. The number of aryl methyl sites for hydroxylation is 1. The van der Waals surface area contributed by atoms with Gasteiger partial charge in [0.05, 0.1) is 11.1 Å². The number of hydrogen-bond donors (Lipinski definition) is 0. The van der Waals surface area contributed by atoms with Crippen molar-refractivity contribution >= 4 is 29.1 Å². The van der Waals surface area contributed by atoms with Crippen LogP contribution in [-0.4, -0.2) is 60.9 Å². The van der Waals surface area contributed by atoms with E-state index < -0.39 is 0 Å². The molecule has 0 radical (unpaired) electrons. The molecule has 0 aromatic heterocycles. The number of amides is 2. The van der Waals surface area contributed by atoms with E-state index in [1.165, 1.54) is 16.2 Å². The van der Waals surface area contributed by atoms with E-state index in [4.69, 9.17) is 11.6 Å². The Hall–Kier alpha value is -2.37. The molecule has 152 valence electrons. The maximum Gasteiger partial charge on any atom is 0.261 e. The lowest BCUT2D eigenvalue weighted by molar-refractivity contribution is 0.0650. The van der Waals surface area contributed by atoms with Crippen LogP contribution in [0.15, 0.2) is 42.5 Å². The van der Waals surface area contributed by atoms with Gasteiger partial charge in [-0.25, -0.2) is 0 Å². The number of carbonyl (C=O) groups is 2. The van der Waals surface area contributed by atoms with Crippen LogP contribution in [0.3, 0.4) is 0 Å². The summed E-state index contributed by atoms with van der Waals surface area (Å²) in [5.41, 5.74) is 3.54. The van der Waals surface area contributed by atoms with Crippen LogP contribution in [0.25, 0.3) is 0 Å². The average molecular weight is 412 g/mol. The lowest BCUT2D eigenvalue weighted by atomic mass is 10.1. The van der Waals surface area contributed by atoms with Crippen LogP contribution in [0.5, 0.6) is 0 Å². The predicted molar refractivity (Wildman–Crippen MR) is 116 cm³/mol. The van der Waals surface area contributed by atoms with Crippen LogP contribution in [0.4, 0.5) is 5.69 Å². The van der Waals surface area contributed by atoms with Crippen molar-refractivity contribution < 1.29 is 9.59 Å². The van der Waals surface area contributed by atoms with Gasteiger partial charge in [-0.2, -0.15) is 0 Å². The SMILES string of the molecule is Cc1ccc(Cl)cc1N1CCN(CCCCN2C(=O)c3ccccc3C2=O)CC1. The Morgan fingerprint density at radius 3 is 2.14 bits per heavy atom. The topological polar surface area (TPSA) is 43.9 Å². The second kappa shape index (κ2) is 8.56. The molecule has 0 N–H and O–H groups in total. The molecule has 0 aliphatic carbocycles. The lowest BCUT2D eigenvalue weighted by Crippen LogP contribution is -2.47. The Bertz CT molecular complexity index is 887. The molecule has 2 aromatic carbocycles. The summed E-state index contributed by atoms with van der Waals surface area (Å²) < 4.78 is 0. The van der Waals surface area contributed by atoms with Crippen molar-refractivity contribution in [3.05, 3.63) is 64.2 Å². The number of unbranched alkanes of at least 4 members (excludes halogenated alkanes) is 1. The summed E-state index contributed by atoms with van der Waals surface area (Å²) >= 11 is 6.16. The Morgan fingerprint density at radius 2 is 1.48 bits per heavy atom. The molecule has 0 unspecified atom stereocenters. The zero-order valence-corrected chi connectivity index (χ0v) is 17.5. The molecule has 0 spiro atoms. The number of rotatable bonds is 6. The van der Waals surface area contributed by atoms with Gasteiger partial charge in [-0.05, 0) is 56.1 Å². The predicted octanol–water partition coefficient (Wildman–Crippen LogP) is 3.85. The van der Waals surface area contributed by atoms with Gasteiger partial charge in [0.25, 0.3) is 11.8 Å². The van der Waals surface area contributed by atoms with Crippen LogP contribution in [0.1, 0.15) is 39.1 Å². The highest BCUT2D eigenvalue weighted by atomic mass is 35.5. The van der Waals surface area contributed by atoms with Crippen molar-refractivity contribution in [2.24, 2.45) is 0 Å². The standard InChI is InChI=1S/C23H26ClN3O2/c1-17-8-9-18(24)16-21(17)26-14-12-25(13-15-26)10-4-5-11-27-22(28)19-6-2-3-7-20(19)23(27)29/h2-3,6-9,16H,4-5,10-15H2,1H3. The van der Waals surface area contributed by atoms with E-state index in [9.17, 15) is 9.59 Å². The molecule has 0 saturated carbocycles. The van der Waals surface area contributed by atoms with E-state index in [-0.39, 0.29) is 11.8 Å². The first-order chi connectivity index (χ1) is 14.0. The Morgan fingerprint density at radius 1 is 0.862 bits per heavy atom. The smallest absolute Gasteiger partial charge is 0.261 e. The summed E-state index contributed by atoms with van der Waals surface area (Å²) in [6.07, 6.45) is 1.81. The molecule has 2 aromatic rings. The summed E-state index contributed by atoms with van der Waals surface area (Å²) in [5.74, 6) is -0.313. The second-order valence-corrected chi connectivity index (χ2v) is 8.21. The molecule has 1 saturated heterocycles. The molecule has 4 rings (SSSR count). The van der Waals surface area contributed by atoms with Crippen LogP contribution < -0.4 is 4.90 Å². The fourth-order valence-electron chi connectivity index (χ4n) is 4.18. The van der Waals surface area contributed by atoms with Crippen LogP contribution in [0, 0.1) is 6.92 Å². The normalized spacial score (nSPS) is 17.2. The van der Waals surface area contributed by atoms with E-state index in [0.717, 1.165) is 50.6 Å². The van der Waals surface area contributed by atoms with Gasteiger partial charge in [0.2, 0.25) is 0 Å². The molecule has 2 heterocycles. The molecular weight excluding hydrogens is 386 g/mol. The number of carbonyl (C=O) groups excluding carboxylic acids is 2. The maximum absolute atomic E-state index is 12.4. The van der Waals surface area contributed by atoms with Crippen LogP contribution in [0.2, 0.25) is 5.02 Å².